The van der Waals surface area contributed by atoms with Gasteiger partial charge in [-0.3, -0.25) is 9.52 Å². The first kappa shape index (κ1) is 18.5. The van der Waals surface area contributed by atoms with Gasteiger partial charge in [-0.25, -0.2) is 4.21 Å². The summed E-state index contributed by atoms with van der Waals surface area (Å²) in [6.07, 6.45) is 0. The summed E-state index contributed by atoms with van der Waals surface area (Å²) < 4.78 is 25.7. The minimum atomic E-state index is -1.87. The fourth-order valence-electron chi connectivity index (χ4n) is 2.49. The summed E-state index contributed by atoms with van der Waals surface area (Å²) in [7, 11) is 3.35. The van der Waals surface area contributed by atoms with Crippen LogP contribution in [0.15, 0.2) is 51.8 Å². The van der Waals surface area contributed by atoms with Crippen molar-refractivity contribution in [2.75, 3.05) is 26.1 Å². The Kier molecular flexibility index (Phi) is 5.14. The molecule has 1 unspecified atom stereocenters. The smallest absolute Gasteiger partial charge is 0.298 e. The second kappa shape index (κ2) is 7.51. The largest absolute Gasteiger partial charge is 0.495 e. The molecule has 0 spiro atoms. The van der Waals surface area contributed by atoms with Gasteiger partial charge in [0.25, 0.3) is 5.91 Å². The summed E-state index contributed by atoms with van der Waals surface area (Å²) >= 11 is 0. The third kappa shape index (κ3) is 3.78. The molecule has 7 nitrogen and oxygen atoms in total. The topological polar surface area (TPSA) is 95.6 Å². The Morgan fingerprint density at radius 3 is 2.67 bits per heavy atom. The van der Waals surface area contributed by atoms with E-state index < -0.39 is 16.9 Å². The number of anilines is 1. The summed E-state index contributed by atoms with van der Waals surface area (Å²) in [5.41, 5.74) is 1.87. The van der Waals surface area contributed by atoms with Crippen LogP contribution in [-0.4, -0.2) is 31.3 Å². The monoisotopic (exact) mass is 383 g/mol. The van der Waals surface area contributed by atoms with Crippen LogP contribution in [0.5, 0.6) is 5.75 Å². The second-order valence-corrected chi connectivity index (χ2v) is 7.09. The van der Waals surface area contributed by atoms with Gasteiger partial charge in [0.1, 0.15) is 16.2 Å². The van der Waals surface area contributed by atoms with Crippen molar-refractivity contribution < 1.29 is 18.2 Å². The SMILES string of the molecule is COc1cc(C#N)ccc1S(=O)NC(=O)c1cc2ccc(N(C)C)cc2o1. The van der Waals surface area contributed by atoms with Gasteiger partial charge in [0.05, 0.1) is 18.7 Å². The molecule has 0 aliphatic carbocycles. The Bertz CT molecular complexity index is 1080. The first-order chi connectivity index (χ1) is 12.9. The van der Waals surface area contributed by atoms with E-state index in [1.165, 1.54) is 25.3 Å². The minimum absolute atomic E-state index is 0.0573. The maximum Gasteiger partial charge on any atom is 0.298 e. The zero-order chi connectivity index (χ0) is 19.6. The van der Waals surface area contributed by atoms with Crippen LogP contribution in [0.2, 0.25) is 0 Å². The number of furan rings is 1. The summed E-state index contributed by atoms with van der Waals surface area (Å²) in [5.74, 6) is -0.294. The van der Waals surface area contributed by atoms with E-state index in [1.807, 2.05) is 43.3 Å². The quantitative estimate of drug-likeness (QED) is 0.728. The number of ether oxygens (including phenoxy) is 1. The fraction of sp³-hybridized carbons (Fsp3) is 0.158. The lowest BCUT2D eigenvalue weighted by Gasteiger charge is -2.11. The molecule has 1 amide bonds. The number of amides is 1. The maximum absolute atomic E-state index is 12.5. The second-order valence-electron chi connectivity index (χ2n) is 5.90. The Morgan fingerprint density at radius 1 is 1.22 bits per heavy atom. The number of nitrogens with one attached hydrogen (secondary N) is 1. The highest BCUT2D eigenvalue weighted by Crippen LogP contribution is 2.25. The van der Waals surface area contributed by atoms with E-state index in [0.717, 1.165) is 11.1 Å². The molecule has 0 saturated carbocycles. The number of rotatable bonds is 5. The summed E-state index contributed by atoms with van der Waals surface area (Å²) in [5, 5.41) is 9.71. The van der Waals surface area contributed by atoms with Gasteiger partial charge in [-0.15, -0.1) is 0 Å². The third-order valence-corrected chi connectivity index (χ3v) is 5.03. The van der Waals surface area contributed by atoms with E-state index in [2.05, 4.69) is 4.72 Å². The average Bonchev–Trinajstić information content (AvgIpc) is 3.10. The maximum atomic E-state index is 12.5. The number of fused-ring (bicyclic) bond motifs is 1. The Balaban J connectivity index is 1.84. The highest BCUT2D eigenvalue weighted by molar-refractivity contribution is 7.83. The highest BCUT2D eigenvalue weighted by Gasteiger charge is 2.18. The van der Waals surface area contributed by atoms with Crippen LogP contribution in [0.1, 0.15) is 16.1 Å². The number of benzene rings is 2. The van der Waals surface area contributed by atoms with Crippen molar-refractivity contribution in [1.29, 1.82) is 5.26 Å². The van der Waals surface area contributed by atoms with E-state index in [9.17, 15) is 9.00 Å². The van der Waals surface area contributed by atoms with Gasteiger partial charge in [-0.05, 0) is 36.4 Å². The minimum Gasteiger partial charge on any atom is -0.495 e. The van der Waals surface area contributed by atoms with Gasteiger partial charge in [-0.2, -0.15) is 5.26 Å². The molecule has 0 bridgehead atoms. The molecule has 0 aliphatic heterocycles. The van der Waals surface area contributed by atoms with Crippen molar-refractivity contribution in [3.05, 3.63) is 53.8 Å². The Hall–Kier alpha value is -3.31. The van der Waals surface area contributed by atoms with Gasteiger partial charge < -0.3 is 14.1 Å². The summed E-state index contributed by atoms with van der Waals surface area (Å²) in [6, 6.07) is 13.6. The van der Waals surface area contributed by atoms with Crippen LogP contribution < -0.4 is 14.4 Å². The summed E-state index contributed by atoms with van der Waals surface area (Å²) in [4.78, 5) is 14.6. The average molecular weight is 383 g/mol. The predicted octanol–water partition coefficient (Wildman–Crippen LogP) is 2.83. The molecule has 0 radical (unpaired) electrons. The van der Waals surface area contributed by atoms with Gasteiger partial charge in [0, 0.05) is 31.2 Å². The first-order valence-corrected chi connectivity index (χ1v) is 9.09. The van der Waals surface area contributed by atoms with E-state index in [-0.39, 0.29) is 16.4 Å². The van der Waals surface area contributed by atoms with Crippen molar-refractivity contribution in [1.82, 2.24) is 4.72 Å². The number of carbonyl (C=O) groups excluding carboxylic acids is 1. The molecule has 2 aromatic carbocycles. The zero-order valence-corrected chi connectivity index (χ0v) is 15.8. The lowest BCUT2D eigenvalue weighted by Crippen LogP contribution is -2.25. The molecule has 3 rings (SSSR count). The van der Waals surface area contributed by atoms with Crippen LogP contribution in [0.25, 0.3) is 11.0 Å². The predicted molar refractivity (Wildman–Crippen MR) is 102 cm³/mol. The molecule has 1 N–H and O–H groups in total. The molecule has 8 heteroatoms. The standard InChI is InChI=1S/C19H17N3O4S/c1-22(2)14-6-5-13-9-17(26-15(13)10-14)19(23)21-27(24)18-7-4-12(11-20)8-16(18)25-3/h4-10H,1-3H3,(H,21,23). The molecule has 3 aromatic rings. The number of nitriles is 1. The van der Waals surface area contributed by atoms with E-state index in [1.54, 1.807) is 6.07 Å². The lowest BCUT2D eigenvalue weighted by atomic mass is 10.2. The van der Waals surface area contributed by atoms with E-state index >= 15 is 0 Å². The van der Waals surface area contributed by atoms with Crippen LogP contribution in [0.4, 0.5) is 5.69 Å². The van der Waals surface area contributed by atoms with Gasteiger partial charge in [-0.1, -0.05) is 0 Å². The third-order valence-electron chi connectivity index (χ3n) is 3.92. The molecule has 0 saturated heterocycles. The number of methoxy groups -OCH3 is 1. The van der Waals surface area contributed by atoms with Crippen LogP contribution in [0.3, 0.4) is 0 Å². The molecule has 138 valence electrons. The molecule has 1 aromatic heterocycles. The number of hydrogen-bond donors (Lipinski definition) is 1. The molecule has 1 atom stereocenters. The van der Waals surface area contributed by atoms with Crippen LogP contribution in [0, 0.1) is 11.3 Å². The van der Waals surface area contributed by atoms with Gasteiger partial charge in [0.2, 0.25) is 0 Å². The van der Waals surface area contributed by atoms with Gasteiger partial charge >= 0.3 is 0 Å². The first-order valence-electron chi connectivity index (χ1n) is 7.94. The van der Waals surface area contributed by atoms with Crippen LogP contribution >= 0.6 is 0 Å². The number of hydrogen-bond acceptors (Lipinski definition) is 6. The number of nitrogens with zero attached hydrogens (tertiary/aromatic N) is 2. The Labute approximate surface area is 158 Å². The van der Waals surface area contributed by atoms with Crippen molar-refractivity contribution in [2.45, 2.75) is 4.90 Å². The van der Waals surface area contributed by atoms with E-state index in [4.69, 9.17) is 14.4 Å². The van der Waals surface area contributed by atoms with E-state index in [0.29, 0.717) is 11.1 Å². The zero-order valence-electron chi connectivity index (χ0n) is 15.0. The van der Waals surface area contributed by atoms with Crippen molar-refractivity contribution in [3.63, 3.8) is 0 Å². The highest BCUT2D eigenvalue weighted by atomic mass is 32.2. The summed E-state index contributed by atoms with van der Waals surface area (Å²) in [6.45, 7) is 0. The molecule has 0 fully saturated rings. The molecule has 0 aliphatic rings. The Morgan fingerprint density at radius 2 is 2.00 bits per heavy atom. The lowest BCUT2D eigenvalue weighted by molar-refractivity contribution is 0.0958. The molecular weight excluding hydrogens is 366 g/mol. The molecule has 27 heavy (non-hydrogen) atoms. The van der Waals surface area contributed by atoms with Crippen molar-refractivity contribution >= 4 is 33.5 Å². The number of carbonyl (C=O) groups is 1. The van der Waals surface area contributed by atoms with Crippen LogP contribution in [-0.2, 0) is 11.0 Å². The van der Waals surface area contributed by atoms with Gasteiger partial charge in [0.15, 0.2) is 16.7 Å². The fourth-order valence-corrected chi connectivity index (χ4v) is 3.39. The molecular formula is C19H17N3O4S. The van der Waals surface area contributed by atoms with Crippen molar-refractivity contribution in [3.8, 4) is 11.8 Å². The van der Waals surface area contributed by atoms with Crippen molar-refractivity contribution in [2.24, 2.45) is 0 Å². The normalized spacial score (nSPS) is 11.6. The molecule has 1 heterocycles.